The highest BCUT2D eigenvalue weighted by Gasteiger charge is 2.12. The normalized spacial score (nSPS) is 11.4. The molecule has 6 heteroatoms. The van der Waals surface area contributed by atoms with Crippen molar-refractivity contribution in [1.29, 1.82) is 0 Å². The predicted molar refractivity (Wildman–Crippen MR) is 116 cm³/mol. The number of nitrogen functional groups attached to an aromatic ring is 2. The van der Waals surface area contributed by atoms with Gasteiger partial charge in [-0.1, -0.05) is 43.0 Å². The largest absolute Gasteiger partial charge is 0.508 e. The van der Waals surface area contributed by atoms with E-state index in [-0.39, 0.29) is 17.6 Å². The van der Waals surface area contributed by atoms with Gasteiger partial charge in [0, 0.05) is 11.5 Å². The van der Waals surface area contributed by atoms with Crippen LogP contribution in [0.5, 0.6) is 11.5 Å². The first-order valence-corrected chi connectivity index (χ1v) is 9.33. The van der Waals surface area contributed by atoms with Crippen molar-refractivity contribution >= 4 is 11.8 Å². The highest BCUT2D eigenvalue weighted by atomic mass is 16.5. The number of aromatic hydroxyl groups is 1. The molecule has 5 N–H and O–H groups in total. The Hall–Kier alpha value is -3.72. The molecule has 1 unspecified atom stereocenters. The number of aromatic nitrogens is 2. The number of nitrogens with two attached hydrogens (primary N) is 2. The Balaban J connectivity index is 1.94. The maximum Gasteiger partial charge on any atom is 0.222 e. The Morgan fingerprint density at radius 3 is 2.41 bits per heavy atom. The van der Waals surface area contributed by atoms with Crippen LogP contribution in [-0.4, -0.2) is 22.2 Å². The van der Waals surface area contributed by atoms with Crippen LogP contribution in [0.1, 0.15) is 36.6 Å². The summed E-state index contributed by atoms with van der Waals surface area (Å²) in [6.07, 6.45) is 0.667. The molecule has 0 saturated heterocycles. The van der Waals surface area contributed by atoms with Crippen LogP contribution in [0.4, 0.5) is 11.8 Å². The molecule has 2 aromatic carbocycles. The maximum absolute atomic E-state index is 9.48. The van der Waals surface area contributed by atoms with E-state index in [1.54, 1.807) is 19.2 Å². The van der Waals surface area contributed by atoms with Crippen LogP contribution in [0.25, 0.3) is 11.1 Å². The number of aryl methyl sites for hydroxylation is 1. The lowest BCUT2D eigenvalue weighted by molar-refractivity contribution is 0.409. The van der Waals surface area contributed by atoms with Crippen molar-refractivity contribution in [3.8, 4) is 34.5 Å². The van der Waals surface area contributed by atoms with E-state index in [2.05, 4.69) is 21.8 Å². The first-order valence-electron chi connectivity index (χ1n) is 9.33. The van der Waals surface area contributed by atoms with Crippen LogP contribution in [0, 0.1) is 11.8 Å². The van der Waals surface area contributed by atoms with Crippen molar-refractivity contribution in [3.63, 3.8) is 0 Å². The zero-order chi connectivity index (χ0) is 21.0. The van der Waals surface area contributed by atoms with E-state index < -0.39 is 0 Å². The Morgan fingerprint density at radius 2 is 1.76 bits per heavy atom. The van der Waals surface area contributed by atoms with Crippen molar-refractivity contribution in [3.05, 3.63) is 59.3 Å². The van der Waals surface area contributed by atoms with Gasteiger partial charge in [-0.05, 0) is 42.7 Å². The average molecular weight is 388 g/mol. The minimum atomic E-state index is -0.0968. The zero-order valence-electron chi connectivity index (χ0n) is 16.7. The maximum atomic E-state index is 9.48. The summed E-state index contributed by atoms with van der Waals surface area (Å²) >= 11 is 0. The summed E-state index contributed by atoms with van der Waals surface area (Å²) in [5.74, 6) is 7.69. The molecule has 1 aromatic heterocycles. The Morgan fingerprint density at radius 1 is 1.07 bits per heavy atom. The number of phenols is 1. The van der Waals surface area contributed by atoms with Gasteiger partial charge in [-0.15, -0.1) is 0 Å². The summed E-state index contributed by atoms with van der Waals surface area (Å²) in [6.45, 7) is 3.98. The van der Waals surface area contributed by atoms with Crippen LogP contribution in [0.3, 0.4) is 0 Å². The SMILES string of the molecule is CCc1nc(N)nc(N)c1C#CC(C)c1ccc(-c2ccc(O)cc2)cc1OC. The fourth-order valence-electron chi connectivity index (χ4n) is 3.10. The molecule has 0 spiro atoms. The van der Waals surface area contributed by atoms with Crippen molar-refractivity contribution in [1.82, 2.24) is 9.97 Å². The monoisotopic (exact) mass is 388 g/mol. The third-order valence-electron chi connectivity index (χ3n) is 4.68. The van der Waals surface area contributed by atoms with Gasteiger partial charge in [0.1, 0.15) is 17.3 Å². The fraction of sp³-hybridized carbons (Fsp3) is 0.217. The van der Waals surface area contributed by atoms with Crippen LogP contribution in [-0.2, 0) is 6.42 Å². The summed E-state index contributed by atoms with van der Waals surface area (Å²) in [7, 11) is 1.64. The van der Waals surface area contributed by atoms with Crippen molar-refractivity contribution in [2.45, 2.75) is 26.2 Å². The minimum Gasteiger partial charge on any atom is -0.508 e. The third-order valence-corrected chi connectivity index (χ3v) is 4.68. The van der Waals surface area contributed by atoms with Crippen LogP contribution >= 0.6 is 0 Å². The number of benzene rings is 2. The topological polar surface area (TPSA) is 107 Å². The molecule has 0 fully saturated rings. The van der Waals surface area contributed by atoms with Crippen molar-refractivity contribution < 1.29 is 9.84 Å². The lowest BCUT2D eigenvalue weighted by Gasteiger charge is -2.13. The van der Waals surface area contributed by atoms with Crippen molar-refractivity contribution in [2.75, 3.05) is 18.6 Å². The van der Waals surface area contributed by atoms with Crippen molar-refractivity contribution in [2.24, 2.45) is 0 Å². The smallest absolute Gasteiger partial charge is 0.222 e. The van der Waals surface area contributed by atoms with Crippen LogP contribution in [0.15, 0.2) is 42.5 Å². The van der Waals surface area contributed by atoms with Crippen LogP contribution < -0.4 is 16.2 Å². The molecule has 1 heterocycles. The van der Waals surface area contributed by atoms with E-state index in [1.165, 1.54) is 0 Å². The van der Waals surface area contributed by atoms with E-state index >= 15 is 0 Å². The van der Waals surface area contributed by atoms with Gasteiger partial charge >= 0.3 is 0 Å². The number of hydrogen-bond donors (Lipinski definition) is 3. The van der Waals surface area contributed by atoms with E-state index in [1.807, 2.05) is 44.2 Å². The number of nitrogens with zero attached hydrogens (tertiary/aromatic N) is 2. The highest BCUT2D eigenvalue weighted by molar-refractivity contribution is 5.67. The number of anilines is 2. The number of methoxy groups -OCH3 is 1. The van der Waals surface area contributed by atoms with Gasteiger partial charge in [0.25, 0.3) is 0 Å². The van der Waals surface area contributed by atoms with Crippen LogP contribution in [0.2, 0.25) is 0 Å². The lowest BCUT2D eigenvalue weighted by atomic mass is 9.96. The summed E-state index contributed by atoms with van der Waals surface area (Å²) in [5, 5.41) is 9.48. The first kappa shape index (κ1) is 20.0. The third kappa shape index (κ3) is 4.41. The van der Waals surface area contributed by atoms with E-state index in [0.717, 1.165) is 28.1 Å². The standard InChI is InChI=1S/C23H24N4O2/c1-4-20-19(22(24)27-23(25)26-20)11-5-14(2)18-12-8-16(13-21(18)29-3)15-6-9-17(28)10-7-15/h6-10,12-14,28H,4H2,1-3H3,(H4,24,25,26,27). The Bertz CT molecular complexity index is 1080. The van der Waals surface area contributed by atoms with Gasteiger partial charge in [-0.2, -0.15) is 4.98 Å². The van der Waals surface area contributed by atoms with E-state index in [9.17, 15) is 5.11 Å². The van der Waals surface area contributed by atoms with Gasteiger partial charge in [0.2, 0.25) is 5.95 Å². The molecule has 148 valence electrons. The second-order valence-electron chi connectivity index (χ2n) is 6.64. The fourth-order valence-corrected chi connectivity index (χ4v) is 3.10. The molecule has 3 aromatic rings. The molecular formula is C23H24N4O2. The lowest BCUT2D eigenvalue weighted by Crippen LogP contribution is -2.07. The highest BCUT2D eigenvalue weighted by Crippen LogP contribution is 2.32. The Labute approximate surface area is 170 Å². The average Bonchev–Trinajstić information content (AvgIpc) is 2.72. The number of rotatable bonds is 4. The second kappa shape index (κ2) is 8.53. The molecule has 0 aliphatic heterocycles. The molecule has 0 radical (unpaired) electrons. The molecule has 1 atom stereocenters. The Kier molecular flexibility index (Phi) is 5.89. The number of hydrogen-bond acceptors (Lipinski definition) is 6. The van der Waals surface area contributed by atoms with Gasteiger partial charge < -0.3 is 21.3 Å². The number of phenolic OH excluding ortho intramolecular Hbond substituents is 1. The van der Waals surface area contributed by atoms with Gasteiger partial charge in [0.05, 0.1) is 18.4 Å². The molecule has 6 nitrogen and oxygen atoms in total. The molecule has 0 bridgehead atoms. The summed E-state index contributed by atoms with van der Waals surface area (Å²) in [6, 6.07) is 13.0. The first-order chi connectivity index (χ1) is 13.9. The summed E-state index contributed by atoms with van der Waals surface area (Å²) in [4.78, 5) is 8.25. The predicted octanol–water partition coefficient (Wildman–Crippen LogP) is 3.74. The zero-order valence-corrected chi connectivity index (χ0v) is 16.7. The van der Waals surface area contributed by atoms with E-state index in [0.29, 0.717) is 17.8 Å². The molecule has 29 heavy (non-hydrogen) atoms. The summed E-state index contributed by atoms with van der Waals surface area (Å²) in [5.41, 5.74) is 16.0. The van der Waals surface area contributed by atoms with Gasteiger partial charge in [-0.25, -0.2) is 4.98 Å². The van der Waals surface area contributed by atoms with E-state index in [4.69, 9.17) is 16.2 Å². The molecule has 0 saturated carbocycles. The quantitative estimate of drug-likeness (QED) is 0.588. The summed E-state index contributed by atoms with van der Waals surface area (Å²) < 4.78 is 5.61. The molecule has 0 amide bonds. The second-order valence-corrected chi connectivity index (χ2v) is 6.64. The minimum absolute atomic E-state index is 0.0968. The molecule has 0 aliphatic rings. The molecule has 0 aliphatic carbocycles. The van der Waals surface area contributed by atoms with Gasteiger partial charge in [-0.3, -0.25) is 0 Å². The molecule has 3 rings (SSSR count). The number of ether oxygens (including phenoxy) is 1. The van der Waals surface area contributed by atoms with Gasteiger partial charge in [0.15, 0.2) is 0 Å². The molecular weight excluding hydrogens is 364 g/mol.